The van der Waals surface area contributed by atoms with E-state index in [9.17, 15) is 9.18 Å². The van der Waals surface area contributed by atoms with Crippen molar-refractivity contribution >= 4 is 34.1 Å². The number of benzene rings is 3. The summed E-state index contributed by atoms with van der Waals surface area (Å²) in [6.45, 7) is 1.77. The third kappa shape index (κ3) is 3.72. The second kappa shape index (κ2) is 7.77. The van der Waals surface area contributed by atoms with E-state index in [1.54, 1.807) is 19.1 Å². The van der Waals surface area contributed by atoms with Gasteiger partial charge in [-0.15, -0.1) is 5.10 Å². The first kappa shape index (κ1) is 18.1. The summed E-state index contributed by atoms with van der Waals surface area (Å²) in [5.41, 5.74) is 1.24. The number of carbonyl (C=O) groups excluding carboxylic acids is 1. The van der Waals surface area contributed by atoms with Crippen molar-refractivity contribution in [3.63, 3.8) is 0 Å². The van der Waals surface area contributed by atoms with Gasteiger partial charge in [0.1, 0.15) is 5.82 Å². The number of hydrogen-bond donors (Lipinski definition) is 1. The maximum Gasteiger partial charge on any atom is 0.237 e. The van der Waals surface area contributed by atoms with Gasteiger partial charge < -0.3 is 5.32 Å². The Morgan fingerprint density at radius 2 is 1.89 bits per heavy atom. The maximum absolute atomic E-state index is 13.5. The van der Waals surface area contributed by atoms with Gasteiger partial charge in [-0.25, -0.2) is 4.39 Å². The second-order valence-corrected chi connectivity index (χ2v) is 7.44. The molecule has 4 rings (SSSR count). The molecule has 28 heavy (non-hydrogen) atoms. The second-order valence-electron chi connectivity index (χ2n) is 6.13. The number of nitrogens with zero attached hydrogens (tertiary/aromatic N) is 4. The maximum atomic E-state index is 13.5. The lowest BCUT2D eigenvalue weighted by Gasteiger charge is -2.13. The summed E-state index contributed by atoms with van der Waals surface area (Å²) in [6.07, 6.45) is 0. The predicted octanol–water partition coefficient (Wildman–Crippen LogP) is 4.07. The summed E-state index contributed by atoms with van der Waals surface area (Å²) in [6, 6.07) is 19.6. The number of fused-ring (bicyclic) bond motifs is 1. The van der Waals surface area contributed by atoms with E-state index in [-0.39, 0.29) is 11.7 Å². The van der Waals surface area contributed by atoms with E-state index < -0.39 is 5.25 Å². The van der Waals surface area contributed by atoms with Crippen LogP contribution in [0.25, 0.3) is 16.5 Å². The molecular weight excluding hydrogens is 377 g/mol. The smallest absolute Gasteiger partial charge is 0.237 e. The number of anilines is 1. The first-order chi connectivity index (χ1) is 13.6. The summed E-state index contributed by atoms with van der Waals surface area (Å²) < 4.78 is 14.9. The molecule has 0 bridgehead atoms. The fourth-order valence-corrected chi connectivity index (χ4v) is 3.61. The quantitative estimate of drug-likeness (QED) is 0.518. The van der Waals surface area contributed by atoms with Crippen LogP contribution in [0, 0.1) is 5.82 Å². The number of nitrogens with one attached hydrogen (secondary N) is 1. The van der Waals surface area contributed by atoms with Gasteiger partial charge in [0.15, 0.2) is 0 Å². The topological polar surface area (TPSA) is 72.7 Å². The molecule has 1 atom stereocenters. The van der Waals surface area contributed by atoms with Crippen LogP contribution in [-0.4, -0.2) is 31.4 Å². The molecule has 6 nitrogen and oxygen atoms in total. The Bertz CT molecular complexity index is 1140. The average Bonchev–Trinajstić information content (AvgIpc) is 3.16. The van der Waals surface area contributed by atoms with E-state index in [0.717, 1.165) is 16.5 Å². The number of rotatable bonds is 5. The summed E-state index contributed by atoms with van der Waals surface area (Å²) in [5, 5.41) is 16.5. The fourth-order valence-electron chi connectivity index (χ4n) is 2.80. The molecule has 0 fully saturated rings. The minimum Gasteiger partial charge on any atom is -0.325 e. The van der Waals surface area contributed by atoms with Gasteiger partial charge in [-0.05, 0) is 47.0 Å². The number of thioether (sulfide) groups is 1. The van der Waals surface area contributed by atoms with Crippen LogP contribution in [0.1, 0.15) is 6.92 Å². The van der Waals surface area contributed by atoms with Gasteiger partial charge in [0, 0.05) is 11.1 Å². The number of aromatic nitrogens is 4. The summed E-state index contributed by atoms with van der Waals surface area (Å²) >= 11 is 1.20. The first-order valence-electron chi connectivity index (χ1n) is 8.61. The van der Waals surface area contributed by atoms with Crippen LogP contribution < -0.4 is 5.32 Å². The molecule has 1 N–H and O–H groups in total. The highest BCUT2D eigenvalue weighted by Gasteiger charge is 2.20. The lowest BCUT2D eigenvalue weighted by molar-refractivity contribution is -0.115. The van der Waals surface area contributed by atoms with E-state index in [0.29, 0.717) is 10.8 Å². The molecular formula is C20H16FN5OS. The van der Waals surface area contributed by atoms with Crippen molar-refractivity contribution in [1.29, 1.82) is 0 Å². The molecule has 140 valence electrons. The van der Waals surface area contributed by atoms with Gasteiger partial charge in [0.2, 0.25) is 11.1 Å². The van der Waals surface area contributed by atoms with Crippen LogP contribution >= 0.6 is 11.8 Å². The molecule has 4 aromatic rings. The predicted molar refractivity (Wildman–Crippen MR) is 107 cm³/mol. The minimum absolute atomic E-state index is 0.171. The van der Waals surface area contributed by atoms with Crippen LogP contribution in [0.4, 0.5) is 10.1 Å². The van der Waals surface area contributed by atoms with Crippen molar-refractivity contribution in [3.8, 4) is 5.69 Å². The summed E-state index contributed by atoms with van der Waals surface area (Å²) in [4.78, 5) is 12.7. The minimum atomic E-state index is -0.461. The Morgan fingerprint density at radius 3 is 2.75 bits per heavy atom. The monoisotopic (exact) mass is 393 g/mol. The van der Waals surface area contributed by atoms with Gasteiger partial charge in [-0.1, -0.05) is 54.2 Å². The van der Waals surface area contributed by atoms with E-state index in [2.05, 4.69) is 20.8 Å². The highest BCUT2D eigenvalue weighted by atomic mass is 32.2. The van der Waals surface area contributed by atoms with Crippen LogP contribution in [0.3, 0.4) is 0 Å². The third-order valence-corrected chi connectivity index (χ3v) is 5.23. The number of tetrazole rings is 1. The Morgan fingerprint density at radius 1 is 1.11 bits per heavy atom. The molecule has 3 aromatic carbocycles. The van der Waals surface area contributed by atoms with Crippen molar-refractivity contribution in [2.75, 3.05) is 5.32 Å². The van der Waals surface area contributed by atoms with Crippen LogP contribution in [0.15, 0.2) is 71.9 Å². The Labute approximate surface area is 164 Å². The summed E-state index contributed by atoms with van der Waals surface area (Å²) in [7, 11) is 0. The van der Waals surface area contributed by atoms with E-state index in [1.807, 2.05) is 42.5 Å². The molecule has 1 unspecified atom stereocenters. The van der Waals surface area contributed by atoms with E-state index in [4.69, 9.17) is 0 Å². The zero-order valence-electron chi connectivity index (χ0n) is 14.9. The van der Waals surface area contributed by atoms with Gasteiger partial charge in [0.25, 0.3) is 0 Å². The number of hydrogen-bond acceptors (Lipinski definition) is 5. The van der Waals surface area contributed by atoms with Gasteiger partial charge in [-0.3, -0.25) is 4.79 Å². The van der Waals surface area contributed by atoms with Gasteiger partial charge >= 0.3 is 0 Å². The molecule has 1 heterocycles. The Balaban J connectivity index is 1.52. The molecule has 0 spiro atoms. The van der Waals surface area contributed by atoms with Crippen molar-refractivity contribution < 1.29 is 9.18 Å². The standard InChI is InChI=1S/C20H16FN5OS/c1-13(19(27)22-18-11-4-7-14-6-2-3-10-17(14)18)28-20-23-24-25-26(20)16-9-5-8-15(21)12-16/h2-13H,1H3,(H,22,27). The van der Waals surface area contributed by atoms with Crippen LogP contribution in [0.5, 0.6) is 0 Å². The highest BCUT2D eigenvalue weighted by molar-refractivity contribution is 8.00. The van der Waals surface area contributed by atoms with E-state index >= 15 is 0 Å². The van der Waals surface area contributed by atoms with Crippen molar-refractivity contribution in [2.45, 2.75) is 17.3 Å². The highest BCUT2D eigenvalue weighted by Crippen LogP contribution is 2.26. The largest absolute Gasteiger partial charge is 0.325 e. The Kier molecular flexibility index (Phi) is 5.03. The van der Waals surface area contributed by atoms with Crippen molar-refractivity contribution in [3.05, 3.63) is 72.5 Å². The molecule has 1 aromatic heterocycles. The molecule has 0 saturated carbocycles. The summed E-state index contributed by atoms with van der Waals surface area (Å²) in [5.74, 6) is -0.555. The van der Waals surface area contributed by atoms with Gasteiger partial charge in [-0.2, -0.15) is 4.68 Å². The van der Waals surface area contributed by atoms with Crippen molar-refractivity contribution in [2.24, 2.45) is 0 Å². The molecule has 0 aliphatic carbocycles. The zero-order chi connectivity index (χ0) is 19.5. The number of halogens is 1. The molecule has 0 radical (unpaired) electrons. The lowest BCUT2D eigenvalue weighted by Crippen LogP contribution is -2.23. The van der Waals surface area contributed by atoms with E-state index in [1.165, 1.54) is 28.6 Å². The molecule has 0 aliphatic rings. The zero-order valence-corrected chi connectivity index (χ0v) is 15.7. The van der Waals surface area contributed by atoms with Crippen LogP contribution in [-0.2, 0) is 4.79 Å². The fraction of sp³-hybridized carbons (Fsp3) is 0.100. The van der Waals surface area contributed by atoms with Crippen LogP contribution in [0.2, 0.25) is 0 Å². The Hall–Kier alpha value is -3.26. The van der Waals surface area contributed by atoms with Crippen molar-refractivity contribution in [1.82, 2.24) is 20.2 Å². The van der Waals surface area contributed by atoms with Gasteiger partial charge in [0.05, 0.1) is 10.9 Å². The number of carbonyl (C=O) groups is 1. The molecule has 0 aliphatic heterocycles. The molecule has 1 amide bonds. The third-order valence-electron chi connectivity index (χ3n) is 4.19. The number of amides is 1. The normalized spacial score (nSPS) is 12.1. The average molecular weight is 393 g/mol. The molecule has 8 heteroatoms. The molecule has 0 saturated heterocycles. The SMILES string of the molecule is CC(Sc1nnnn1-c1cccc(F)c1)C(=O)Nc1cccc2ccccc12. The first-order valence-corrected chi connectivity index (χ1v) is 9.49. The lowest BCUT2D eigenvalue weighted by atomic mass is 10.1.